The molecule has 138 valence electrons. The molecule has 0 spiro atoms. The van der Waals surface area contributed by atoms with Crippen LogP contribution in [0.5, 0.6) is 0 Å². The monoisotopic (exact) mass is 368 g/mol. The van der Waals surface area contributed by atoms with Crippen molar-refractivity contribution in [2.45, 2.75) is 34.1 Å². The predicted molar refractivity (Wildman–Crippen MR) is 95.3 cm³/mol. The number of thiophene rings is 1. The lowest BCUT2D eigenvalue weighted by atomic mass is 10.1. The highest BCUT2D eigenvalue weighted by Gasteiger charge is 2.29. The number of nitrogens with zero attached hydrogens (tertiary/aromatic N) is 1. The number of likely N-dealkylation sites (tertiary alicyclic amines) is 1. The molecule has 25 heavy (non-hydrogen) atoms. The number of urea groups is 1. The summed E-state index contributed by atoms with van der Waals surface area (Å²) >= 11 is 1.04. The van der Waals surface area contributed by atoms with Crippen LogP contribution in [0.3, 0.4) is 0 Å². The maximum Gasteiger partial charge on any atom is 0.348 e. The van der Waals surface area contributed by atoms with Gasteiger partial charge in [0.1, 0.15) is 9.88 Å². The van der Waals surface area contributed by atoms with E-state index in [1.165, 1.54) is 0 Å². The van der Waals surface area contributed by atoms with Crippen LogP contribution < -0.4 is 5.32 Å². The molecule has 0 radical (unpaired) electrons. The third kappa shape index (κ3) is 4.31. The maximum atomic E-state index is 12.5. The lowest BCUT2D eigenvalue weighted by Crippen LogP contribution is -2.33. The first-order valence-corrected chi connectivity index (χ1v) is 9.24. The van der Waals surface area contributed by atoms with Gasteiger partial charge in [-0.1, -0.05) is 6.92 Å². The van der Waals surface area contributed by atoms with Gasteiger partial charge in [-0.15, -0.1) is 11.3 Å². The molecule has 2 heterocycles. The summed E-state index contributed by atoms with van der Waals surface area (Å²) in [6.45, 7) is 8.96. The Morgan fingerprint density at radius 1 is 1.20 bits per heavy atom. The molecule has 1 N–H and O–H groups in total. The minimum Gasteiger partial charge on any atom is -0.462 e. The van der Waals surface area contributed by atoms with Crippen LogP contribution >= 0.6 is 11.3 Å². The first-order chi connectivity index (χ1) is 11.9. The molecular weight excluding hydrogens is 344 g/mol. The summed E-state index contributed by atoms with van der Waals surface area (Å²) in [5.41, 5.74) is 0.683. The van der Waals surface area contributed by atoms with Gasteiger partial charge in [0.05, 0.1) is 18.8 Å². The van der Waals surface area contributed by atoms with Crippen molar-refractivity contribution in [3.8, 4) is 0 Å². The first-order valence-electron chi connectivity index (χ1n) is 8.42. The Labute approximate surface area is 151 Å². The highest BCUT2D eigenvalue weighted by atomic mass is 32.1. The van der Waals surface area contributed by atoms with Gasteiger partial charge in [0.2, 0.25) is 0 Å². The Hall–Kier alpha value is -2.09. The number of amides is 2. The summed E-state index contributed by atoms with van der Waals surface area (Å²) in [5, 5.41) is 3.09. The van der Waals surface area contributed by atoms with Gasteiger partial charge < -0.3 is 14.4 Å². The Morgan fingerprint density at radius 3 is 2.40 bits per heavy atom. The number of nitrogens with one attached hydrogen (secondary N) is 1. The van der Waals surface area contributed by atoms with Crippen LogP contribution in [0, 0.1) is 12.8 Å². The fourth-order valence-electron chi connectivity index (χ4n) is 2.74. The molecule has 0 aliphatic carbocycles. The molecule has 1 aliphatic heterocycles. The minimum atomic E-state index is -0.558. The van der Waals surface area contributed by atoms with E-state index in [1.54, 1.807) is 25.7 Å². The van der Waals surface area contributed by atoms with E-state index in [0.29, 0.717) is 34.4 Å². The van der Waals surface area contributed by atoms with Crippen LogP contribution in [0.4, 0.5) is 9.80 Å². The Balaban J connectivity index is 2.30. The molecule has 1 atom stereocenters. The van der Waals surface area contributed by atoms with E-state index in [9.17, 15) is 14.4 Å². The van der Waals surface area contributed by atoms with Crippen LogP contribution in [0.25, 0.3) is 0 Å². The number of rotatable bonds is 5. The second-order valence-corrected chi connectivity index (χ2v) is 6.99. The topological polar surface area (TPSA) is 84.9 Å². The quantitative estimate of drug-likeness (QED) is 0.806. The molecule has 8 heteroatoms. The van der Waals surface area contributed by atoms with Gasteiger partial charge in [0, 0.05) is 13.1 Å². The smallest absolute Gasteiger partial charge is 0.348 e. The zero-order chi connectivity index (χ0) is 18.6. The number of carbonyl (C=O) groups excluding carboxylic acids is 3. The van der Waals surface area contributed by atoms with Gasteiger partial charge in [0.25, 0.3) is 0 Å². The number of anilines is 1. The van der Waals surface area contributed by atoms with Gasteiger partial charge >= 0.3 is 18.0 Å². The lowest BCUT2D eigenvalue weighted by Gasteiger charge is -2.16. The second-order valence-electron chi connectivity index (χ2n) is 5.97. The van der Waals surface area contributed by atoms with Crippen LogP contribution in [-0.4, -0.2) is 49.2 Å². The van der Waals surface area contributed by atoms with E-state index in [4.69, 9.17) is 9.47 Å². The number of hydrogen-bond donors (Lipinski definition) is 1. The highest BCUT2D eigenvalue weighted by Crippen LogP contribution is 2.34. The molecule has 2 rings (SSSR count). The average molecular weight is 368 g/mol. The number of hydrogen-bond acceptors (Lipinski definition) is 6. The van der Waals surface area contributed by atoms with Crippen molar-refractivity contribution in [2.24, 2.45) is 5.92 Å². The summed E-state index contributed by atoms with van der Waals surface area (Å²) < 4.78 is 10.1. The molecule has 0 aromatic carbocycles. The van der Waals surface area contributed by atoms with E-state index >= 15 is 0 Å². The molecule has 1 aromatic rings. The molecule has 0 bridgehead atoms. The van der Waals surface area contributed by atoms with E-state index in [-0.39, 0.29) is 24.8 Å². The number of ether oxygens (including phenoxy) is 2. The third-order valence-electron chi connectivity index (χ3n) is 4.02. The third-order valence-corrected chi connectivity index (χ3v) is 5.21. The van der Waals surface area contributed by atoms with Gasteiger partial charge in [-0.2, -0.15) is 0 Å². The molecule has 1 saturated heterocycles. The Morgan fingerprint density at radius 2 is 1.84 bits per heavy atom. The molecule has 0 saturated carbocycles. The summed E-state index contributed by atoms with van der Waals surface area (Å²) in [6.07, 6.45) is 0.954. The van der Waals surface area contributed by atoms with Gasteiger partial charge in [-0.05, 0) is 38.7 Å². The Bertz CT molecular complexity index is 670. The number of esters is 2. The molecule has 7 nitrogen and oxygen atoms in total. The minimum absolute atomic E-state index is 0.208. The summed E-state index contributed by atoms with van der Waals surface area (Å²) in [6, 6.07) is -0.272. The van der Waals surface area contributed by atoms with E-state index in [2.05, 4.69) is 12.2 Å². The largest absolute Gasteiger partial charge is 0.462 e. The maximum absolute atomic E-state index is 12.5. The molecule has 1 aromatic heterocycles. The first kappa shape index (κ1) is 19.2. The SMILES string of the molecule is CCOC(=O)c1sc(NC(=O)N2CC[C@@H](C)C2)c(C(=O)OCC)c1C. The highest BCUT2D eigenvalue weighted by molar-refractivity contribution is 7.18. The zero-order valence-electron chi connectivity index (χ0n) is 15.0. The van der Waals surface area contributed by atoms with Crippen LogP contribution in [0.2, 0.25) is 0 Å². The van der Waals surface area contributed by atoms with Crippen molar-refractivity contribution in [3.63, 3.8) is 0 Å². The van der Waals surface area contributed by atoms with Crippen LogP contribution in [-0.2, 0) is 9.47 Å². The summed E-state index contributed by atoms with van der Waals surface area (Å²) in [4.78, 5) is 38.9. The molecule has 1 aliphatic rings. The van der Waals surface area contributed by atoms with E-state index in [0.717, 1.165) is 17.8 Å². The van der Waals surface area contributed by atoms with Crippen LogP contribution in [0.15, 0.2) is 0 Å². The number of carbonyl (C=O) groups is 3. The van der Waals surface area contributed by atoms with Crippen molar-refractivity contribution >= 4 is 34.3 Å². The average Bonchev–Trinajstić information content (AvgIpc) is 3.12. The van der Waals surface area contributed by atoms with E-state index in [1.807, 2.05) is 0 Å². The predicted octanol–water partition coefficient (Wildman–Crippen LogP) is 3.28. The summed E-state index contributed by atoms with van der Waals surface area (Å²) in [7, 11) is 0. The zero-order valence-corrected chi connectivity index (χ0v) is 15.8. The lowest BCUT2D eigenvalue weighted by molar-refractivity contribution is 0.0527. The normalized spacial score (nSPS) is 16.6. The summed E-state index contributed by atoms with van der Waals surface area (Å²) in [5.74, 6) is -0.613. The van der Waals surface area contributed by atoms with Crippen molar-refractivity contribution in [2.75, 3.05) is 31.6 Å². The van der Waals surface area contributed by atoms with Gasteiger partial charge in [0.15, 0.2) is 0 Å². The van der Waals surface area contributed by atoms with Crippen molar-refractivity contribution < 1.29 is 23.9 Å². The fourth-order valence-corrected chi connectivity index (χ4v) is 3.82. The standard InChI is InChI=1S/C17H24N2O5S/c1-5-23-15(20)12-11(4)13(16(21)24-6-2)25-14(12)18-17(22)19-8-7-10(3)9-19/h10H,5-9H2,1-4H3,(H,18,22)/t10-/m1/s1. The van der Waals surface area contributed by atoms with Crippen molar-refractivity contribution in [3.05, 3.63) is 16.0 Å². The van der Waals surface area contributed by atoms with Gasteiger partial charge in [-0.25, -0.2) is 14.4 Å². The molecular formula is C17H24N2O5S. The van der Waals surface area contributed by atoms with Gasteiger partial charge in [-0.3, -0.25) is 5.32 Å². The fraction of sp³-hybridized carbons (Fsp3) is 0.588. The molecule has 2 amide bonds. The van der Waals surface area contributed by atoms with E-state index < -0.39 is 11.9 Å². The van der Waals surface area contributed by atoms with Crippen molar-refractivity contribution in [1.82, 2.24) is 4.90 Å². The Kier molecular flexibility index (Phi) is 6.41. The molecule has 1 fully saturated rings. The second kappa shape index (κ2) is 8.33. The van der Waals surface area contributed by atoms with Crippen molar-refractivity contribution in [1.29, 1.82) is 0 Å². The molecule has 0 unspecified atom stereocenters. The van der Waals surface area contributed by atoms with Crippen LogP contribution in [0.1, 0.15) is 52.8 Å².